The lowest BCUT2D eigenvalue weighted by Crippen LogP contribution is -2.02. The van der Waals surface area contributed by atoms with E-state index in [1.807, 2.05) is 30.3 Å². The molecule has 3 heteroatoms. The van der Waals surface area contributed by atoms with Crippen molar-refractivity contribution >= 4 is 27.6 Å². The Balaban J connectivity index is 2.65. The molecule has 0 radical (unpaired) electrons. The van der Waals surface area contributed by atoms with E-state index in [1.54, 1.807) is 6.07 Å². The molecule has 0 aliphatic carbocycles. The van der Waals surface area contributed by atoms with Crippen LogP contribution >= 0.6 is 0 Å². The molecule has 2 N–H and O–H groups in total. The monoisotopic (exact) mass is 211 g/mol. The van der Waals surface area contributed by atoms with Crippen molar-refractivity contribution in [3.8, 4) is 0 Å². The van der Waals surface area contributed by atoms with Crippen LogP contribution in [-0.2, 0) is 0 Å². The molecule has 0 spiro atoms. The summed E-state index contributed by atoms with van der Waals surface area (Å²) in [5.41, 5.74) is 5.93. The van der Waals surface area contributed by atoms with Gasteiger partial charge in [0.15, 0.2) is 11.3 Å². The first-order valence-electron chi connectivity index (χ1n) is 4.97. The molecular weight excluding hydrogens is 202 g/mol. The summed E-state index contributed by atoms with van der Waals surface area (Å²) >= 11 is 0. The van der Waals surface area contributed by atoms with Crippen LogP contribution in [0.1, 0.15) is 0 Å². The molecule has 1 heterocycles. The second-order valence-electron chi connectivity index (χ2n) is 3.67. The van der Waals surface area contributed by atoms with Crippen molar-refractivity contribution in [2.75, 3.05) is 5.73 Å². The molecule has 78 valence electrons. The van der Waals surface area contributed by atoms with Gasteiger partial charge in [-0.25, -0.2) is 0 Å². The minimum Gasteiger partial charge on any atom is -0.441 e. The van der Waals surface area contributed by atoms with Crippen LogP contribution < -0.4 is 11.2 Å². The Labute approximate surface area is 91.1 Å². The smallest absolute Gasteiger partial charge is 0.195 e. The third kappa shape index (κ3) is 1.18. The molecule has 3 aromatic rings. The maximum absolute atomic E-state index is 11.9. The maximum Gasteiger partial charge on any atom is 0.195 e. The summed E-state index contributed by atoms with van der Waals surface area (Å²) < 4.78 is 5.33. The van der Waals surface area contributed by atoms with Gasteiger partial charge < -0.3 is 10.2 Å². The van der Waals surface area contributed by atoms with Crippen LogP contribution in [0.5, 0.6) is 0 Å². The summed E-state index contributed by atoms with van der Waals surface area (Å²) in [4.78, 5) is 11.9. The lowest BCUT2D eigenvalue weighted by Gasteiger charge is -2.02. The number of fused-ring (bicyclic) bond motifs is 3. The zero-order valence-electron chi connectivity index (χ0n) is 8.44. The molecule has 0 atom stereocenters. The number of hydrogen-bond donors (Lipinski definition) is 1. The van der Waals surface area contributed by atoms with Crippen LogP contribution in [0.25, 0.3) is 21.7 Å². The predicted molar refractivity (Wildman–Crippen MR) is 64.4 cm³/mol. The lowest BCUT2D eigenvalue weighted by atomic mass is 10.1. The van der Waals surface area contributed by atoms with E-state index < -0.39 is 0 Å². The van der Waals surface area contributed by atoms with E-state index in [0.717, 1.165) is 10.8 Å². The van der Waals surface area contributed by atoms with Gasteiger partial charge in [0.05, 0.1) is 5.39 Å². The first-order chi connectivity index (χ1) is 7.75. The Morgan fingerprint density at radius 2 is 1.88 bits per heavy atom. The lowest BCUT2D eigenvalue weighted by molar-refractivity contribution is 0.625. The Morgan fingerprint density at radius 1 is 1.06 bits per heavy atom. The highest BCUT2D eigenvalue weighted by atomic mass is 16.3. The van der Waals surface area contributed by atoms with Gasteiger partial charge in [0.2, 0.25) is 0 Å². The van der Waals surface area contributed by atoms with Crippen LogP contribution in [0, 0.1) is 0 Å². The molecule has 0 amide bonds. The third-order valence-electron chi connectivity index (χ3n) is 2.64. The molecule has 16 heavy (non-hydrogen) atoms. The Bertz CT molecular complexity index is 744. The van der Waals surface area contributed by atoms with Crippen LogP contribution in [0.2, 0.25) is 0 Å². The van der Waals surface area contributed by atoms with Gasteiger partial charge in [-0.15, -0.1) is 0 Å². The molecule has 0 aliphatic heterocycles. The van der Waals surface area contributed by atoms with Crippen molar-refractivity contribution < 1.29 is 4.42 Å². The van der Waals surface area contributed by atoms with E-state index in [9.17, 15) is 4.79 Å². The quantitative estimate of drug-likeness (QED) is 0.581. The Morgan fingerprint density at radius 3 is 2.75 bits per heavy atom. The molecule has 3 rings (SSSR count). The molecule has 2 aromatic carbocycles. The minimum absolute atomic E-state index is 0.101. The highest BCUT2D eigenvalue weighted by Gasteiger charge is 2.06. The van der Waals surface area contributed by atoms with Crippen molar-refractivity contribution in [2.24, 2.45) is 0 Å². The van der Waals surface area contributed by atoms with E-state index in [2.05, 4.69) is 0 Å². The topological polar surface area (TPSA) is 56.2 Å². The van der Waals surface area contributed by atoms with E-state index in [4.69, 9.17) is 10.2 Å². The van der Waals surface area contributed by atoms with Crippen molar-refractivity contribution in [3.05, 3.63) is 52.7 Å². The van der Waals surface area contributed by atoms with Gasteiger partial charge in [-0.2, -0.15) is 0 Å². The molecule has 1 aromatic heterocycles. The SMILES string of the molecule is Nc1cc(=O)c2c(ccc3ccccc32)o1. The number of nitrogens with two attached hydrogens (primary N) is 1. The summed E-state index contributed by atoms with van der Waals surface area (Å²) in [6.45, 7) is 0. The zero-order valence-corrected chi connectivity index (χ0v) is 8.44. The van der Waals surface area contributed by atoms with Gasteiger partial charge in [-0.05, 0) is 16.8 Å². The van der Waals surface area contributed by atoms with Gasteiger partial charge >= 0.3 is 0 Å². The molecule has 0 fully saturated rings. The van der Waals surface area contributed by atoms with Crippen molar-refractivity contribution in [2.45, 2.75) is 0 Å². The van der Waals surface area contributed by atoms with Crippen molar-refractivity contribution in [1.82, 2.24) is 0 Å². The highest BCUT2D eigenvalue weighted by molar-refractivity contribution is 6.05. The number of nitrogen functional groups attached to an aromatic ring is 1. The van der Waals surface area contributed by atoms with E-state index >= 15 is 0 Å². The molecule has 0 unspecified atom stereocenters. The van der Waals surface area contributed by atoms with Crippen molar-refractivity contribution in [3.63, 3.8) is 0 Å². The second kappa shape index (κ2) is 3.10. The summed E-state index contributed by atoms with van der Waals surface area (Å²) in [5, 5.41) is 2.51. The van der Waals surface area contributed by atoms with Gasteiger partial charge in [0.25, 0.3) is 0 Å². The summed E-state index contributed by atoms with van der Waals surface area (Å²) in [5.74, 6) is 0.146. The van der Waals surface area contributed by atoms with E-state index in [-0.39, 0.29) is 11.3 Å². The summed E-state index contributed by atoms with van der Waals surface area (Å²) in [7, 11) is 0. The fourth-order valence-electron chi connectivity index (χ4n) is 1.95. The molecule has 0 saturated carbocycles. The van der Waals surface area contributed by atoms with Crippen molar-refractivity contribution in [1.29, 1.82) is 0 Å². The highest BCUT2D eigenvalue weighted by Crippen LogP contribution is 2.23. The zero-order chi connectivity index (χ0) is 11.1. The maximum atomic E-state index is 11.9. The number of anilines is 1. The van der Waals surface area contributed by atoms with Crippen LogP contribution in [0.15, 0.2) is 51.7 Å². The molecule has 0 aliphatic rings. The number of hydrogen-bond acceptors (Lipinski definition) is 3. The molecule has 0 saturated heterocycles. The molecule has 0 bridgehead atoms. The first kappa shape index (κ1) is 8.97. The first-order valence-corrected chi connectivity index (χ1v) is 4.97. The van der Waals surface area contributed by atoms with Crippen LogP contribution in [-0.4, -0.2) is 0 Å². The van der Waals surface area contributed by atoms with Gasteiger partial charge in [0.1, 0.15) is 5.58 Å². The standard InChI is InChI=1S/C13H9NO2/c14-12-7-10(15)13-9-4-2-1-3-8(9)5-6-11(13)16-12/h1-7H,14H2. The second-order valence-corrected chi connectivity index (χ2v) is 3.67. The average molecular weight is 211 g/mol. The fraction of sp³-hybridized carbons (Fsp3) is 0. The average Bonchev–Trinajstić information content (AvgIpc) is 2.28. The third-order valence-corrected chi connectivity index (χ3v) is 2.64. The normalized spacial score (nSPS) is 11.0. The predicted octanol–water partition coefficient (Wildman–Crippen LogP) is 2.53. The number of benzene rings is 2. The minimum atomic E-state index is -0.101. The van der Waals surface area contributed by atoms with Gasteiger partial charge in [-0.3, -0.25) is 4.79 Å². The summed E-state index contributed by atoms with van der Waals surface area (Å²) in [6.07, 6.45) is 0. The molecule has 3 nitrogen and oxygen atoms in total. The number of rotatable bonds is 0. The van der Waals surface area contributed by atoms with Gasteiger partial charge in [-0.1, -0.05) is 30.3 Å². The van der Waals surface area contributed by atoms with E-state index in [1.165, 1.54) is 6.07 Å². The molecular formula is C13H9NO2. The fourth-order valence-corrected chi connectivity index (χ4v) is 1.95. The van der Waals surface area contributed by atoms with Crippen LogP contribution in [0.4, 0.5) is 5.88 Å². The largest absolute Gasteiger partial charge is 0.441 e. The Hall–Kier alpha value is -2.29. The van der Waals surface area contributed by atoms with Gasteiger partial charge in [0, 0.05) is 6.07 Å². The van der Waals surface area contributed by atoms with Crippen LogP contribution in [0.3, 0.4) is 0 Å². The Kier molecular flexibility index (Phi) is 1.74. The van der Waals surface area contributed by atoms with E-state index in [0.29, 0.717) is 11.0 Å². The summed E-state index contributed by atoms with van der Waals surface area (Å²) in [6, 6.07) is 12.7.